The Bertz CT molecular complexity index is 1680. The molecule has 1 N–H and O–H groups in total. The van der Waals surface area contributed by atoms with Crippen molar-refractivity contribution < 1.29 is 18.0 Å². The molecule has 0 aliphatic heterocycles. The molecule has 45 heavy (non-hydrogen) atoms. The zero-order valence-electron chi connectivity index (χ0n) is 25.3. The number of amides is 2. The first-order valence-electron chi connectivity index (χ1n) is 14.9. The summed E-state index contributed by atoms with van der Waals surface area (Å²) in [6.45, 7) is 3.62. The summed E-state index contributed by atoms with van der Waals surface area (Å²) in [6, 6.07) is 28.5. The fourth-order valence-corrected chi connectivity index (χ4v) is 7.05. The number of anilines is 1. The molecule has 1 atom stereocenters. The van der Waals surface area contributed by atoms with Gasteiger partial charge < -0.3 is 10.2 Å². The van der Waals surface area contributed by atoms with E-state index in [1.54, 1.807) is 48.5 Å². The molecule has 0 saturated heterocycles. The van der Waals surface area contributed by atoms with Crippen molar-refractivity contribution in [1.29, 1.82) is 0 Å². The summed E-state index contributed by atoms with van der Waals surface area (Å²) in [5.41, 5.74) is 2.44. The number of rotatable bonds is 14. The molecule has 0 unspecified atom stereocenters. The molecule has 0 spiro atoms. The van der Waals surface area contributed by atoms with Crippen molar-refractivity contribution in [2.24, 2.45) is 0 Å². The summed E-state index contributed by atoms with van der Waals surface area (Å²) >= 11 is 13.1. The maximum absolute atomic E-state index is 14.6. The molecule has 0 heterocycles. The van der Waals surface area contributed by atoms with Gasteiger partial charge in [0.05, 0.1) is 10.6 Å². The smallest absolute Gasteiger partial charge is 0.264 e. The fourth-order valence-electron chi connectivity index (χ4n) is 5.06. The lowest BCUT2D eigenvalue weighted by Crippen LogP contribution is -2.53. The van der Waals surface area contributed by atoms with Gasteiger partial charge in [-0.3, -0.25) is 13.9 Å². The molecular weight excluding hydrogens is 629 g/mol. The van der Waals surface area contributed by atoms with Gasteiger partial charge in [-0.15, -0.1) is 0 Å². The van der Waals surface area contributed by atoms with Gasteiger partial charge in [-0.1, -0.05) is 110 Å². The van der Waals surface area contributed by atoms with Crippen LogP contribution in [-0.4, -0.2) is 44.3 Å². The van der Waals surface area contributed by atoms with Crippen LogP contribution in [0.3, 0.4) is 0 Å². The van der Waals surface area contributed by atoms with Gasteiger partial charge in [0.1, 0.15) is 12.6 Å². The van der Waals surface area contributed by atoms with Crippen molar-refractivity contribution in [3.05, 3.63) is 130 Å². The second-order valence-electron chi connectivity index (χ2n) is 10.5. The van der Waals surface area contributed by atoms with Crippen LogP contribution in [0.1, 0.15) is 37.0 Å². The number of halogens is 2. The SMILES string of the molecule is CCCNC(=O)[C@H](Cc1ccccc1)N(Cc1c(Cl)cccc1Cl)C(=O)CN(c1ccccc1CC)S(=O)(=O)c1ccccc1. The second-order valence-corrected chi connectivity index (χ2v) is 13.2. The summed E-state index contributed by atoms with van der Waals surface area (Å²) in [5, 5.41) is 3.59. The van der Waals surface area contributed by atoms with Crippen LogP contribution in [-0.2, 0) is 39.0 Å². The summed E-state index contributed by atoms with van der Waals surface area (Å²) in [5.74, 6) is -0.937. The van der Waals surface area contributed by atoms with Gasteiger partial charge in [-0.25, -0.2) is 8.42 Å². The number of hydrogen-bond donors (Lipinski definition) is 1. The minimum Gasteiger partial charge on any atom is -0.354 e. The normalized spacial score (nSPS) is 11.9. The molecule has 4 aromatic carbocycles. The standard InChI is InChI=1S/C35H37Cl2N3O4S/c1-3-22-38-35(42)33(23-26-14-7-5-8-15-26)39(24-29-30(36)19-13-20-31(29)37)34(41)25-40(32-21-12-11-16-27(32)4-2)45(43,44)28-17-9-6-10-18-28/h5-21,33H,3-4,22-25H2,1-2H3,(H,38,42)/t33-/m0/s1. The van der Waals surface area contributed by atoms with Gasteiger partial charge in [-0.2, -0.15) is 0 Å². The molecule has 0 radical (unpaired) electrons. The number of nitrogens with one attached hydrogen (secondary N) is 1. The molecule has 10 heteroatoms. The molecule has 0 saturated carbocycles. The molecule has 0 aromatic heterocycles. The van der Waals surface area contributed by atoms with Crippen LogP contribution < -0.4 is 9.62 Å². The van der Waals surface area contributed by atoms with Crippen LogP contribution in [0.4, 0.5) is 5.69 Å². The highest BCUT2D eigenvalue weighted by Crippen LogP contribution is 2.30. The third-order valence-electron chi connectivity index (χ3n) is 7.46. The van der Waals surface area contributed by atoms with Crippen LogP contribution in [0.25, 0.3) is 0 Å². The largest absolute Gasteiger partial charge is 0.354 e. The number of benzene rings is 4. The van der Waals surface area contributed by atoms with Crippen LogP contribution in [0.2, 0.25) is 10.0 Å². The number of aryl methyl sites for hydroxylation is 1. The molecular formula is C35H37Cl2N3O4S. The lowest BCUT2D eigenvalue weighted by atomic mass is 10.0. The van der Waals surface area contributed by atoms with Crippen molar-refractivity contribution in [1.82, 2.24) is 10.2 Å². The van der Waals surface area contributed by atoms with Crippen molar-refractivity contribution in [2.75, 3.05) is 17.4 Å². The maximum Gasteiger partial charge on any atom is 0.264 e. The number of carbonyl (C=O) groups is 2. The van der Waals surface area contributed by atoms with Gasteiger partial charge in [0.15, 0.2) is 0 Å². The minimum absolute atomic E-state index is 0.0472. The van der Waals surface area contributed by atoms with Gasteiger partial charge >= 0.3 is 0 Å². The zero-order valence-corrected chi connectivity index (χ0v) is 27.7. The number of para-hydroxylation sites is 1. The topological polar surface area (TPSA) is 86.8 Å². The van der Waals surface area contributed by atoms with E-state index in [2.05, 4.69) is 5.32 Å². The van der Waals surface area contributed by atoms with E-state index in [0.717, 1.165) is 15.4 Å². The average molecular weight is 667 g/mol. The number of nitrogens with zero attached hydrogens (tertiary/aromatic N) is 2. The van der Waals surface area contributed by atoms with Crippen LogP contribution in [0.15, 0.2) is 108 Å². The fraction of sp³-hybridized carbons (Fsp3) is 0.257. The minimum atomic E-state index is -4.19. The van der Waals surface area contributed by atoms with E-state index in [1.807, 2.05) is 56.3 Å². The highest BCUT2D eigenvalue weighted by Gasteiger charge is 2.35. The summed E-state index contributed by atoms with van der Waals surface area (Å²) in [6.07, 6.45) is 1.44. The Hall–Kier alpha value is -3.85. The Morgan fingerprint density at radius 1 is 0.800 bits per heavy atom. The van der Waals surface area contributed by atoms with E-state index >= 15 is 0 Å². The molecule has 4 aromatic rings. The van der Waals surface area contributed by atoms with E-state index in [-0.39, 0.29) is 23.8 Å². The summed E-state index contributed by atoms with van der Waals surface area (Å²) in [7, 11) is -4.19. The van der Waals surface area contributed by atoms with E-state index in [0.29, 0.717) is 40.7 Å². The average Bonchev–Trinajstić information content (AvgIpc) is 3.06. The van der Waals surface area contributed by atoms with Gasteiger partial charge in [-0.05, 0) is 54.3 Å². The van der Waals surface area contributed by atoms with E-state index in [1.165, 1.54) is 17.0 Å². The van der Waals surface area contributed by atoms with Crippen molar-refractivity contribution in [3.63, 3.8) is 0 Å². The van der Waals surface area contributed by atoms with Gasteiger partial charge in [0.25, 0.3) is 10.0 Å². The number of hydrogen-bond acceptors (Lipinski definition) is 4. The molecule has 0 aliphatic carbocycles. The zero-order chi connectivity index (χ0) is 32.4. The highest BCUT2D eigenvalue weighted by atomic mass is 35.5. The Labute approximate surface area is 275 Å². The Kier molecular flexibility index (Phi) is 12.0. The monoisotopic (exact) mass is 665 g/mol. The summed E-state index contributed by atoms with van der Waals surface area (Å²) in [4.78, 5) is 29.8. The summed E-state index contributed by atoms with van der Waals surface area (Å²) < 4.78 is 29.5. The molecule has 0 bridgehead atoms. The van der Waals surface area contributed by atoms with E-state index in [9.17, 15) is 18.0 Å². The van der Waals surface area contributed by atoms with Gasteiger partial charge in [0, 0.05) is 35.1 Å². The third kappa shape index (κ3) is 8.45. The predicted molar refractivity (Wildman–Crippen MR) is 181 cm³/mol. The molecule has 236 valence electrons. The molecule has 0 aliphatic rings. The lowest BCUT2D eigenvalue weighted by Gasteiger charge is -2.34. The lowest BCUT2D eigenvalue weighted by molar-refractivity contribution is -0.140. The van der Waals surface area contributed by atoms with Crippen molar-refractivity contribution in [3.8, 4) is 0 Å². The van der Waals surface area contributed by atoms with Crippen LogP contribution in [0.5, 0.6) is 0 Å². The maximum atomic E-state index is 14.6. The van der Waals surface area contributed by atoms with Gasteiger partial charge in [0.2, 0.25) is 11.8 Å². The van der Waals surface area contributed by atoms with Crippen molar-refractivity contribution in [2.45, 2.75) is 50.6 Å². The molecule has 7 nitrogen and oxygen atoms in total. The molecule has 4 rings (SSSR count). The van der Waals surface area contributed by atoms with Crippen LogP contribution in [0, 0.1) is 0 Å². The van der Waals surface area contributed by atoms with E-state index < -0.39 is 28.5 Å². The quantitative estimate of drug-likeness (QED) is 0.158. The van der Waals surface area contributed by atoms with Crippen molar-refractivity contribution >= 4 is 50.7 Å². The Morgan fingerprint density at radius 2 is 1.40 bits per heavy atom. The Balaban J connectivity index is 1.85. The molecule has 2 amide bonds. The van der Waals surface area contributed by atoms with Crippen LogP contribution >= 0.6 is 23.2 Å². The first-order valence-corrected chi connectivity index (χ1v) is 17.1. The number of sulfonamides is 1. The first kappa shape index (κ1) is 34.0. The second kappa shape index (κ2) is 15.9. The predicted octanol–water partition coefficient (Wildman–Crippen LogP) is 6.92. The highest BCUT2D eigenvalue weighted by molar-refractivity contribution is 7.92. The Morgan fingerprint density at radius 3 is 2.02 bits per heavy atom. The van der Waals surface area contributed by atoms with E-state index in [4.69, 9.17) is 23.2 Å². The number of carbonyl (C=O) groups excluding carboxylic acids is 2. The third-order valence-corrected chi connectivity index (χ3v) is 9.94. The molecule has 0 fully saturated rings. The first-order chi connectivity index (χ1) is 21.7.